The summed E-state index contributed by atoms with van der Waals surface area (Å²) in [5.74, 6) is 0.0986. The smallest absolute Gasteiger partial charge is 0.159 e. The van der Waals surface area contributed by atoms with Gasteiger partial charge in [0, 0.05) is 34.4 Å². The molecule has 2 aromatic carbocycles. The fourth-order valence-corrected chi connectivity index (χ4v) is 2.92. The number of rotatable bonds is 5. The molecule has 0 fully saturated rings. The van der Waals surface area contributed by atoms with E-state index >= 15 is 0 Å². The summed E-state index contributed by atoms with van der Waals surface area (Å²) in [4.78, 5) is 16.8. The SMILES string of the molecule is CC(C)(C)C(O)=CC(=O)CCCc1ccc2ccc3ccccc3c2n1. The van der Waals surface area contributed by atoms with Gasteiger partial charge in [-0.25, -0.2) is 0 Å². The molecule has 1 heterocycles. The van der Waals surface area contributed by atoms with E-state index in [1.807, 2.05) is 39.0 Å². The number of pyridine rings is 1. The molecule has 0 aliphatic heterocycles. The van der Waals surface area contributed by atoms with Gasteiger partial charge in [-0.05, 0) is 24.3 Å². The zero-order valence-electron chi connectivity index (χ0n) is 15.6. The van der Waals surface area contributed by atoms with Gasteiger partial charge in [0.25, 0.3) is 0 Å². The molecule has 0 amide bonds. The summed E-state index contributed by atoms with van der Waals surface area (Å²) < 4.78 is 0. The number of aliphatic hydroxyl groups is 1. The van der Waals surface area contributed by atoms with E-state index in [-0.39, 0.29) is 11.5 Å². The molecule has 3 nitrogen and oxygen atoms in total. The third kappa shape index (κ3) is 4.10. The molecule has 0 bridgehead atoms. The lowest BCUT2D eigenvalue weighted by Gasteiger charge is -2.16. The topological polar surface area (TPSA) is 50.2 Å². The second-order valence-corrected chi connectivity index (χ2v) is 7.76. The highest BCUT2D eigenvalue weighted by molar-refractivity contribution is 6.05. The van der Waals surface area contributed by atoms with Gasteiger partial charge in [0.15, 0.2) is 5.78 Å². The lowest BCUT2D eigenvalue weighted by molar-refractivity contribution is -0.114. The fraction of sp³-hybridized carbons (Fsp3) is 0.304. The highest BCUT2D eigenvalue weighted by atomic mass is 16.3. The van der Waals surface area contributed by atoms with E-state index in [2.05, 4.69) is 30.3 Å². The van der Waals surface area contributed by atoms with E-state index in [1.54, 1.807) is 0 Å². The lowest BCUT2D eigenvalue weighted by atomic mass is 9.92. The molecular weight excluding hydrogens is 322 g/mol. The van der Waals surface area contributed by atoms with E-state index in [1.165, 1.54) is 11.5 Å². The van der Waals surface area contributed by atoms with Crippen molar-refractivity contribution in [2.24, 2.45) is 5.41 Å². The second kappa shape index (κ2) is 7.28. The second-order valence-electron chi connectivity index (χ2n) is 7.76. The number of benzene rings is 2. The van der Waals surface area contributed by atoms with Crippen LogP contribution in [0.4, 0.5) is 0 Å². The Bertz CT molecular complexity index is 980. The Kier molecular flexibility index (Phi) is 5.08. The molecule has 1 aromatic heterocycles. The van der Waals surface area contributed by atoms with Gasteiger partial charge in [-0.3, -0.25) is 9.78 Å². The summed E-state index contributed by atoms with van der Waals surface area (Å²) in [6.45, 7) is 5.65. The van der Waals surface area contributed by atoms with Gasteiger partial charge >= 0.3 is 0 Å². The zero-order chi connectivity index (χ0) is 18.7. The van der Waals surface area contributed by atoms with Gasteiger partial charge in [0.05, 0.1) is 5.52 Å². The molecule has 1 N–H and O–H groups in total. The van der Waals surface area contributed by atoms with Crippen molar-refractivity contribution >= 4 is 27.5 Å². The number of carbonyl (C=O) groups excluding carboxylic acids is 1. The van der Waals surface area contributed by atoms with Gasteiger partial charge < -0.3 is 5.11 Å². The van der Waals surface area contributed by atoms with Crippen LogP contribution in [0.2, 0.25) is 0 Å². The van der Waals surface area contributed by atoms with Crippen molar-refractivity contribution in [3.63, 3.8) is 0 Å². The normalized spacial score (nSPS) is 12.7. The third-order valence-electron chi connectivity index (χ3n) is 4.56. The average molecular weight is 347 g/mol. The van der Waals surface area contributed by atoms with Crippen LogP contribution in [0.3, 0.4) is 0 Å². The Balaban J connectivity index is 1.72. The quantitative estimate of drug-likeness (QED) is 0.362. The van der Waals surface area contributed by atoms with Crippen molar-refractivity contribution in [1.29, 1.82) is 0 Å². The average Bonchev–Trinajstić information content (AvgIpc) is 2.60. The van der Waals surface area contributed by atoms with Gasteiger partial charge in [0.2, 0.25) is 0 Å². The summed E-state index contributed by atoms with van der Waals surface area (Å²) in [7, 11) is 0. The van der Waals surface area contributed by atoms with Crippen molar-refractivity contribution in [3.8, 4) is 0 Å². The summed E-state index contributed by atoms with van der Waals surface area (Å²) in [5.41, 5.74) is 1.61. The van der Waals surface area contributed by atoms with E-state index in [0.29, 0.717) is 6.42 Å². The Labute approximate surface area is 154 Å². The van der Waals surface area contributed by atoms with Crippen LogP contribution in [0.25, 0.3) is 21.7 Å². The molecule has 0 atom stereocenters. The minimum absolute atomic E-state index is 0.0383. The van der Waals surface area contributed by atoms with Gasteiger partial charge in [0.1, 0.15) is 5.76 Å². The minimum atomic E-state index is -0.392. The molecule has 26 heavy (non-hydrogen) atoms. The molecule has 0 saturated carbocycles. The first-order valence-corrected chi connectivity index (χ1v) is 9.06. The first kappa shape index (κ1) is 18.1. The van der Waals surface area contributed by atoms with Crippen molar-refractivity contribution in [3.05, 3.63) is 66.1 Å². The summed E-state index contributed by atoms with van der Waals surface area (Å²) in [5, 5.41) is 13.4. The van der Waals surface area contributed by atoms with Crippen molar-refractivity contribution in [2.75, 3.05) is 0 Å². The number of fused-ring (bicyclic) bond motifs is 3. The number of nitrogens with zero attached hydrogens (tertiary/aromatic N) is 1. The molecule has 0 radical (unpaired) electrons. The number of hydrogen-bond acceptors (Lipinski definition) is 3. The summed E-state index contributed by atoms with van der Waals surface area (Å²) in [6, 6.07) is 16.6. The Morgan fingerprint density at radius 1 is 1.04 bits per heavy atom. The van der Waals surface area contributed by atoms with Crippen LogP contribution in [0.1, 0.15) is 39.3 Å². The summed E-state index contributed by atoms with van der Waals surface area (Å²) >= 11 is 0. The first-order valence-electron chi connectivity index (χ1n) is 9.06. The Morgan fingerprint density at radius 3 is 2.50 bits per heavy atom. The van der Waals surface area contributed by atoms with Crippen LogP contribution in [0, 0.1) is 5.41 Å². The van der Waals surface area contributed by atoms with Crippen molar-refractivity contribution in [2.45, 2.75) is 40.0 Å². The number of aromatic nitrogens is 1. The maximum absolute atomic E-state index is 12.0. The largest absolute Gasteiger partial charge is 0.512 e. The molecule has 0 saturated heterocycles. The number of aryl methyl sites for hydroxylation is 1. The molecule has 3 heteroatoms. The Morgan fingerprint density at radius 2 is 1.73 bits per heavy atom. The van der Waals surface area contributed by atoms with Crippen LogP contribution in [-0.2, 0) is 11.2 Å². The lowest BCUT2D eigenvalue weighted by Crippen LogP contribution is -2.11. The van der Waals surface area contributed by atoms with E-state index in [9.17, 15) is 9.90 Å². The standard InChI is InChI=1S/C23H25NO2/c1-23(2,3)21(26)15-19(25)9-6-8-18-14-13-17-12-11-16-7-4-5-10-20(16)22(17)24-18/h4-5,7,10-15,26H,6,8-9H2,1-3H3. The van der Waals surface area contributed by atoms with Gasteiger partial charge in [-0.15, -0.1) is 0 Å². The number of ketones is 1. The molecule has 3 aromatic rings. The van der Waals surface area contributed by atoms with E-state index in [0.717, 1.165) is 34.8 Å². The van der Waals surface area contributed by atoms with Crippen molar-refractivity contribution in [1.82, 2.24) is 4.98 Å². The molecular formula is C23H25NO2. The molecule has 134 valence electrons. The van der Waals surface area contributed by atoms with Crippen LogP contribution >= 0.6 is 0 Å². The van der Waals surface area contributed by atoms with Crippen molar-refractivity contribution < 1.29 is 9.90 Å². The predicted molar refractivity (Wildman–Crippen MR) is 107 cm³/mol. The van der Waals surface area contributed by atoms with Gasteiger partial charge in [-0.2, -0.15) is 0 Å². The fourth-order valence-electron chi connectivity index (χ4n) is 2.92. The van der Waals surface area contributed by atoms with E-state index < -0.39 is 5.41 Å². The van der Waals surface area contributed by atoms with E-state index in [4.69, 9.17) is 4.98 Å². The monoisotopic (exact) mass is 347 g/mol. The number of aliphatic hydroxyl groups excluding tert-OH is 1. The number of hydrogen-bond donors (Lipinski definition) is 1. The predicted octanol–water partition coefficient (Wildman–Crippen LogP) is 5.77. The highest BCUT2D eigenvalue weighted by Crippen LogP contribution is 2.25. The van der Waals surface area contributed by atoms with Crippen LogP contribution in [0.5, 0.6) is 0 Å². The molecule has 0 aliphatic carbocycles. The third-order valence-corrected chi connectivity index (χ3v) is 4.56. The molecule has 0 spiro atoms. The minimum Gasteiger partial charge on any atom is -0.512 e. The van der Waals surface area contributed by atoms with Crippen LogP contribution in [0.15, 0.2) is 60.4 Å². The zero-order valence-corrected chi connectivity index (χ0v) is 15.6. The number of carbonyl (C=O) groups is 1. The maximum atomic E-state index is 12.0. The van der Waals surface area contributed by atoms with Crippen LogP contribution < -0.4 is 0 Å². The molecule has 0 aliphatic rings. The number of allylic oxidation sites excluding steroid dienone is 2. The molecule has 0 unspecified atom stereocenters. The highest BCUT2D eigenvalue weighted by Gasteiger charge is 2.17. The summed E-state index contributed by atoms with van der Waals surface area (Å²) in [6.07, 6.45) is 3.24. The first-order chi connectivity index (χ1) is 12.3. The molecule has 3 rings (SSSR count). The maximum Gasteiger partial charge on any atom is 0.159 e. The van der Waals surface area contributed by atoms with Crippen LogP contribution in [-0.4, -0.2) is 15.9 Å². The Hall–Kier alpha value is -2.68. The van der Waals surface area contributed by atoms with Gasteiger partial charge in [-0.1, -0.05) is 63.2 Å².